The first-order valence-corrected chi connectivity index (χ1v) is 7.39. The van der Waals surface area contributed by atoms with E-state index in [-0.39, 0.29) is 6.61 Å². The van der Waals surface area contributed by atoms with Gasteiger partial charge in [0.1, 0.15) is 0 Å². The monoisotopic (exact) mass is 330 g/mol. The standard InChI is InChI=1S/C14H23BrN2O2/c1-3-17(4-2)9-12-7-11(10-19-6-5-18)8-13(15)14(12)16/h7-8,18H,3-6,9-10,16H2,1-2H3. The van der Waals surface area contributed by atoms with Crippen molar-refractivity contribution in [1.29, 1.82) is 0 Å². The lowest BCUT2D eigenvalue weighted by Gasteiger charge is -2.20. The van der Waals surface area contributed by atoms with Crippen LogP contribution in [0.2, 0.25) is 0 Å². The van der Waals surface area contributed by atoms with Gasteiger partial charge in [0.2, 0.25) is 0 Å². The third-order valence-electron chi connectivity index (χ3n) is 3.07. The van der Waals surface area contributed by atoms with Gasteiger partial charge in [0, 0.05) is 11.0 Å². The van der Waals surface area contributed by atoms with Crippen LogP contribution < -0.4 is 5.73 Å². The van der Waals surface area contributed by atoms with Crippen molar-refractivity contribution in [1.82, 2.24) is 4.90 Å². The zero-order valence-corrected chi connectivity index (χ0v) is 13.2. The fourth-order valence-electron chi connectivity index (χ4n) is 1.89. The second-order valence-electron chi connectivity index (χ2n) is 4.39. The predicted molar refractivity (Wildman–Crippen MR) is 81.9 cm³/mol. The van der Waals surface area contributed by atoms with Crippen molar-refractivity contribution >= 4 is 21.6 Å². The molecule has 0 bridgehead atoms. The van der Waals surface area contributed by atoms with E-state index >= 15 is 0 Å². The van der Waals surface area contributed by atoms with E-state index in [0.717, 1.165) is 40.9 Å². The summed E-state index contributed by atoms with van der Waals surface area (Å²) in [5.74, 6) is 0. The highest BCUT2D eigenvalue weighted by Crippen LogP contribution is 2.27. The van der Waals surface area contributed by atoms with Crippen LogP contribution in [0.3, 0.4) is 0 Å². The molecule has 0 atom stereocenters. The van der Waals surface area contributed by atoms with Gasteiger partial charge in [-0.3, -0.25) is 4.90 Å². The molecule has 1 aromatic rings. The van der Waals surface area contributed by atoms with Gasteiger partial charge in [0.25, 0.3) is 0 Å². The topological polar surface area (TPSA) is 58.7 Å². The number of aliphatic hydroxyl groups excluding tert-OH is 1. The van der Waals surface area contributed by atoms with Gasteiger partial charge in [0.05, 0.1) is 25.5 Å². The van der Waals surface area contributed by atoms with Gasteiger partial charge in [0.15, 0.2) is 0 Å². The molecule has 0 aliphatic heterocycles. The Hall–Kier alpha value is -0.620. The first-order valence-electron chi connectivity index (χ1n) is 6.60. The molecular formula is C14H23BrN2O2. The van der Waals surface area contributed by atoms with Gasteiger partial charge in [-0.15, -0.1) is 0 Å². The molecule has 1 aromatic carbocycles. The van der Waals surface area contributed by atoms with Crippen LogP contribution in [0.5, 0.6) is 0 Å². The molecule has 1 rings (SSSR count). The molecule has 5 heteroatoms. The highest BCUT2D eigenvalue weighted by Gasteiger charge is 2.09. The summed E-state index contributed by atoms with van der Waals surface area (Å²) in [6.07, 6.45) is 0. The lowest BCUT2D eigenvalue weighted by Crippen LogP contribution is -2.23. The van der Waals surface area contributed by atoms with Crippen molar-refractivity contribution in [3.05, 3.63) is 27.7 Å². The molecule has 0 aliphatic rings. The van der Waals surface area contributed by atoms with E-state index in [4.69, 9.17) is 15.6 Å². The molecule has 0 radical (unpaired) electrons. The molecule has 0 aliphatic carbocycles. The number of nitrogens with two attached hydrogens (primary N) is 1. The third kappa shape index (κ3) is 5.10. The van der Waals surface area contributed by atoms with Crippen LogP contribution in [0.15, 0.2) is 16.6 Å². The average molecular weight is 331 g/mol. The molecule has 0 heterocycles. The van der Waals surface area contributed by atoms with Crippen molar-refractivity contribution in [2.24, 2.45) is 0 Å². The first-order chi connectivity index (χ1) is 9.12. The Labute approximate surface area is 123 Å². The number of nitrogens with zero attached hydrogens (tertiary/aromatic N) is 1. The summed E-state index contributed by atoms with van der Waals surface area (Å²) in [5, 5.41) is 8.72. The molecule has 0 unspecified atom stereocenters. The summed E-state index contributed by atoms with van der Waals surface area (Å²) < 4.78 is 6.25. The van der Waals surface area contributed by atoms with Crippen LogP contribution >= 0.6 is 15.9 Å². The SMILES string of the molecule is CCN(CC)Cc1cc(COCCO)cc(Br)c1N. The van der Waals surface area contributed by atoms with E-state index in [1.54, 1.807) is 0 Å². The number of hydrogen-bond donors (Lipinski definition) is 2. The lowest BCUT2D eigenvalue weighted by atomic mass is 10.1. The lowest BCUT2D eigenvalue weighted by molar-refractivity contribution is 0.0815. The largest absolute Gasteiger partial charge is 0.398 e. The predicted octanol–water partition coefficient (Wildman–Crippen LogP) is 2.38. The molecular weight excluding hydrogens is 308 g/mol. The maximum Gasteiger partial charge on any atom is 0.0718 e. The van der Waals surface area contributed by atoms with Gasteiger partial charge < -0.3 is 15.6 Å². The van der Waals surface area contributed by atoms with Crippen molar-refractivity contribution in [3.8, 4) is 0 Å². The van der Waals surface area contributed by atoms with Crippen molar-refractivity contribution < 1.29 is 9.84 Å². The van der Waals surface area contributed by atoms with Crippen LogP contribution in [-0.4, -0.2) is 36.3 Å². The number of benzene rings is 1. The van der Waals surface area contributed by atoms with E-state index in [1.807, 2.05) is 6.07 Å². The summed E-state index contributed by atoms with van der Waals surface area (Å²) in [7, 11) is 0. The minimum atomic E-state index is 0.0441. The van der Waals surface area contributed by atoms with Crippen molar-refractivity contribution in [2.75, 3.05) is 32.0 Å². The minimum absolute atomic E-state index is 0.0441. The molecule has 0 saturated heterocycles. The van der Waals surface area contributed by atoms with Crippen LogP contribution in [0.1, 0.15) is 25.0 Å². The van der Waals surface area contributed by atoms with E-state index in [1.165, 1.54) is 0 Å². The van der Waals surface area contributed by atoms with Gasteiger partial charge in [-0.2, -0.15) is 0 Å². The van der Waals surface area contributed by atoms with Gasteiger partial charge in [-0.05, 0) is 46.2 Å². The van der Waals surface area contributed by atoms with E-state index in [9.17, 15) is 0 Å². The average Bonchev–Trinajstić information content (AvgIpc) is 2.41. The maximum absolute atomic E-state index is 8.72. The van der Waals surface area contributed by atoms with E-state index in [0.29, 0.717) is 13.2 Å². The number of nitrogen functional groups attached to an aromatic ring is 1. The van der Waals surface area contributed by atoms with Crippen LogP contribution in [0, 0.1) is 0 Å². The number of rotatable bonds is 8. The zero-order chi connectivity index (χ0) is 14.3. The highest BCUT2D eigenvalue weighted by atomic mass is 79.9. The number of halogens is 1. The van der Waals surface area contributed by atoms with Crippen LogP contribution in [0.25, 0.3) is 0 Å². The minimum Gasteiger partial charge on any atom is -0.398 e. The second-order valence-corrected chi connectivity index (χ2v) is 5.24. The molecule has 19 heavy (non-hydrogen) atoms. The summed E-state index contributed by atoms with van der Waals surface area (Å²) in [6.45, 7) is 8.01. The first kappa shape index (κ1) is 16.4. The number of anilines is 1. The van der Waals surface area contributed by atoms with E-state index < -0.39 is 0 Å². The van der Waals surface area contributed by atoms with Crippen molar-refractivity contribution in [3.63, 3.8) is 0 Å². The number of aliphatic hydroxyl groups is 1. The Morgan fingerprint density at radius 1 is 1.32 bits per heavy atom. The van der Waals surface area contributed by atoms with Crippen molar-refractivity contribution in [2.45, 2.75) is 27.0 Å². The Bertz CT molecular complexity index is 395. The fourth-order valence-corrected chi connectivity index (χ4v) is 2.44. The molecule has 0 spiro atoms. The highest BCUT2D eigenvalue weighted by molar-refractivity contribution is 9.10. The normalized spacial score (nSPS) is 11.2. The number of ether oxygens (including phenoxy) is 1. The third-order valence-corrected chi connectivity index (χ3v) is 3.72. The molecule has 0 amide bonds. The van der Waals surface area contributed by atoms with Crippen LogP contribution in [-0.2, 0) is 17.9 Å². The second kappa shape index (κ2) is 8.53. The molecule has 4 nitrogen and oxygen atoms in total. The maximum atomic E-state index is 8.72. The van der Waals surface area contributed by atoms with Gasteiger partial charge in [-0.25, -0.2) is 0 Å². The summed E-state index contributed by atoms with van der Waals surface area (Å²) >= 11 is 3.49. The molecule has 0 saturated carbocycles. The van der Waals surface area contributed by atoms with E-state index in [2.05, 4.69) is 40.7 Å². The summed E-state index contributed by atoms with van der Waals surface area (Å²) in [4.78, 5) is 2.32. The molecule has 0 aromatic heterocycles. The van der Waals surface area contributed by atoms with Gasteiger partial charge >= 0.3 is 0 Å². The Morgan fingerprint density at radius 3 is 2.58 bits per heavy atom. The fraction of sp³-hybridized carbons (Fsp3) is 0.571. The number of hydrogen-bond acceptors (Lipinski definition) is 4. The summed E-state index contributed by atoms with van der Waals surface area (Å²) in [5.41, 5.74) is 9.08. The quantitative estimate of drug-likeness (QED) is 0.567. The Kier molecular flexibility index (Phi) is 7.38. The summed E-state index contributed by atoms with van der Waals surface area (Å²) in [6, 6.07) is 4.05. The molecule has 108 valence electrons. The zero-order valence-electron chi connectivity index (χ0n) is 11.7. The Balaban J connectivity index is 2.83. The van der Waals surface area contributed by atoms with Crippen LogP contribution in [0.4, 0.5) is 5.69 Å². The molecule has 0 fully saturated rings. The Morgan fingerprint density at radius 2 is 2.00 bits per heavy atom. The van der Waals surface area contributed by atoms with Gasteiger partial charge in [-0.1, -0.05) is 19.9 Å². The smallest absolute Gasteiger partial charge is 0.0718 e. The molecule has 3 N–H and O–H groups in total.